The van der Waals surface area contributed by atoms with Gasteiger partial charge in [-0.2, -0.15) is 13.2 Å². The predicted molar refractivity (Wildman–Crippen MR) is 76.4 cm³/mol. The van der Waals surface area contributed by atoms with Gasteiger partial charge in [0, 0.05) is 17.1 Å². The number of alkyl halides is 4. The molecule has 1 heterocycles. The van der Waals surface area contributed by atoms with E-state index in [4.69, 9.17) is 16.3 Å². The Balaban J connectivity index is 2.28. The fourth-order valence-corrected chi connectivity index (χ4v) is 2.96. The minimum atomic E-state index is -4.34. The van der Waals surface area contributed by atoms with Crippen molar-refractivity contribution in [1.82, 2.24) is 0 Å². The average Bonchev–Trinajstić information content (AvgIpc) is 2.38. The molecule has 1 aromatic carbocycles. The van der Waals surface area contributed by atoms with Crippen LogP contribution in [0.25, 0.3) is 0 Å². The van der Waals surface area contributed by atoms with Crippen LogP contribution in [0.4, 0.5) is 18.9 Å². The van der Waals surface area contributed by atoms with Crippen LogP contribution in [0.15, 0.2) is 22.7 Å². The third kappa shape index (κ3) is 3.40. The molecule has 0 saturated carbocycles. The van der Waals surface area contributed by atoms with Crippen LogP contribution in [0.2, 0.25) is 0 Å². The molecule has 2 atom stereocenters. The van der Waals surface area contributed by atoms with Gasteiger partial charge in [-0.15, -0.1) is 11.6 Å². The second-order valence-electron chi connectivity index (χ2n) is 4.77. The minimum absolute atomic E-state index is 0.0857. The molecule has 20 heavy (non-hydrogen) atoms. The van der Waals surface area contributed by atoms with Gasteiger partial charge in [-0.3, -0.25) is 0 Å². The van der Waals surface area contributed by atoms with Crippen molar-refractivity contribution >= 4 is 33.2 Å². The molecule has 0 radical (unpaired) electrons. The largest absolute Gasteiger partial charge is 0.416 e. The van der Waals surface area contributed by atoms with E-state index >= 15 is 0 Å². The van der Waals surface area contributed by atoms with Crippen LogP contribution >= 0.6 is 27.5 Å². The molecule has 1 aliphatic heterocycles. The summed E-state index contributed by atoms with van der Waals surface area (Å²) in [5, 5.41) is 0. The van der Waals surface area contributed by atoms with Crippen molar-refractivity contribution in [3.63, 3.8) is 0 Å². The Bertz CT molecular complexity index is 483. The van der Waals surface area contributed by atoms with Crippen molar-refractivity contribution in [2.45, 2.75) is 25.2 Å². The van der Waals surface area contributed by atoms with Gasteiger partial charge in [-0.1, -0.05) is 0 Å². The Morgan fingerprint density at radius 2 is 2.15 bits per heavy atom. The van der Waals surface area contributed by atoms with Crippen LogP contribution in [-0.4, -0.2) is 31.2 Å². The average molecular weight is 373 g/mol. The Morgan fingerprint density at radius 3 is 2.70 bits per heavy atom. The first-order valence-electron chi connectivity index (χ1n) is 6.14. The molecular formula is C13H14BrClF3NO. The van der Waals surface area contributed by atoms with E-state index in [1.165, 1.54) is 6.07 Å². The molecule has 1 aromatic rings. The van der Waals surface area contributed by atoms with E-state index in [0.717, 1.165) is 17.8 Å². The van der Waals surface area contributed by atoms with Crippen molar-refractivity contribution in [1.29, 1.82) is 0 Å². The van der Waals surface area contributed by atoms with Crippen molar-refractivity contribution in [2.75, 3.05) is 23.9 Å². The highest BCUT2D eigenvalue weighted by atomic mass is 79.9. The fourth-order valence-electron chi connectivity index (χ4n) is 2.16. The Morgan fingerprint density at radius 1 is 1.45 bits per heavy atom. The van der Waals surface area contributed by atoms with E-state index in [0.29, 0.717) is 23.5 Å². The number of rotatable bonds is 2. The molecule has 0 bridgehead atoms. The summed E-state index contributed by atoms with van der Waals surface area (Å²) in [6.45, 7) is 3.04. The summed E-state index contributed by atoms with van der Waals surface area (Å²) >= 11 is 9.02. The highest BCUT2D eigenvalue weighted by Crippen LogP contribution is 2.36. The van der Waals surface area contributed by atoms with E-state index in [9.17, 15) is 13.2 Å². The monoisotopic (exact) mass is 371 g/mol. The smallest absolute Gasteiger partial charge is 0.373 e. The van der Waals surface area contributed by atoms with Crippen molar-refractivity contribution in [3.8, 4) is 0 Å². The molecule has 0 amide bonds. The number of hydrogen-bond acceptors (Lipinski definition) is 2. The van der Waals surface area contributed by atoms with Gasteiger partial charge >= 0.3 is 6.18 Å². The van der Waals surface area contributed by atoms with Crippen LogP contribution in [-0.2, 0) is 10.9 Å². The maximum absolute atomic E-state index is 12.7. The van der Waals surface area contributed by atoms with Gasteiger partial charge < -0.3 is 9.64 Å². The van der Waals surface area contributed by atoms with Gasteiger partial charge in [0.1, 0.15) is 0 Å². The Kier molecular flexibility index (Phi) is 4.87. The van der Waals surface area contributed by atoms with E-state index in [1.54, 1.807) is 0 Å². The summed E-state index contributed by atoms with van der Waals surface area (Å²) in [6.07, 6.45) is -4.45. The number of halogens is 5. The van der Waals surface area contributed by atoms with Crippen LogP contribution < -0.4 is 4.90 Å². The first-order chi connectivity index (χ1) is 9.32. The van der Waals surface area contributed by atoms with Gasteiger partial charge in [0.25, 0.3) is 0 Å². The lowest BCUT2D eigenvalue weighted by Gasteiger charge is -2.39. The molecule has 7 heteroatoms. The summed E-state index contributed by atoms with van der Waals surface area (Å²) in [5.74, 6) is 0.363. The van der Waals surface area contributed by atoms with Crippen molar-refractivity contribution < 1.29 is 17.9 Å². The Labute approximate surface area is 129 Å². The van der Waals surface area contributed by atoms with Crippen LogP contribution in [0.1, 0.15) is 12.5 Å². The van der Waals surface area contributed by atoms with Crippen LogP contribution in [0, 0.1) is 0 Å². The van der Waals surface area contributed by atoms with Gasteiger partial charge in [-0.25, -0.2) is 0 Å². The van der Waals surface area contributed by atoms with Crippen LogP contribution in [0.5, 0.6) is 0 Å². The number of anilines is 1. The lowest BCUT2D eigenvalue weighted by atomic mass is 10.1. The summed E-state index contributed by atoms with van der Waals surface area (Å²) in [7, 11) is 0. The molecule has 1 saturated heterocycles. The van der Waals surface area contributed by atoms with Gasteiger partial charge in [-0.05, 0) is 41.1 Å². The molecule has 2 rings (SSSR count). The molecule has 0 spiro atoms. The minimum Gasteiger partial charge on any atom is -0.373 e. The summed E-state index contributed by atoms with van der Waals surface area (Å²) in [4.78, 5) is 2.01. The highest BCUT2D eigenvalue weighted by Gasteiger charge is 2.32. The standard InChI is InChI=1S/C13H14BrClF3NO/c1-8-7-20-10(5-15)6-19(8)12-3-2-9(4-11(12)14)13(16,17)18/h2-4,8,10H,5-7H2,1H3. The number of hydrogen-bond donors (Lipinski definition) is 0. The maximum Gasteiger partial charge on any atom is 0.416 e. The molecule has 0 aliphatic carbocycles. The molecule has 112 valence electrons. The van der Waals surface area contributed by atoms with E-state index in [1.807, 2.05) is 11.8 Å². The van der Waals surface area contributed by atoms with Crippen LogP contribution in [0.3, 0.4) is 0 Å². The zero-order chi connectivity index (χ0) is 14.9. The summed E-state index contributed by atoms with van der Waals surface area (Å²) in [6, 6.07) is 3.77. The molecule has 2 unspecified atom stereocenters. The lowest BCUT2D eigenvalue weighted by molar-refractivity contribution is -0.137. The number of ether oxygens (including phenoxy) is 1. The van der Waals surface area contributed by atoms with Gasteiger partial charge in [0.05, 0.1) is 29.8 Å². The van der Waals surface area contributed by atoms with E-state index in [-0.39, 0.29) is 12.1 Å². The second kappa shape index (κ2) is 6.12. The molecular weight excluding hydrogens is 358 g/mol. The maximum atomic E-state index is 12.7. The second-order valence-corrected chi connectivity index (χ2v) is 5.94. The first kappa shape index (κ1) is 15.9. The molecule has 2 nitrogen and oxygen atoms in total. The quantitative estimate of drug-likeness (QED) is 0.718. The van der Waals surface area contributed by atoms with Crippen molar-refractivity contribution in [3.05, 3.63) is 28.2 Å². The zero-order valence-corrected chi connectivity index (χ0v) is 13.1. The third-order valence-electron chi connectivity index (χ3n) is 3.26. The van der Waals surface area contributed by atoms with E-state index in [2.05, 4.69) is 15.9 Å². The predicted octanol–water partition coefficient (Wildman–Crippen LogP) is 4.30. The number of benzene rings is 1. The molecule has 0 aromatic heterocycles. The highest BCUT2D eigenvalue weighted by molar-refractivity contribution is 9.10. The SMILES string of the molecule is CC1COC(CCl)CN1c1ccc(C(F)(F)F)cc1Br. The molecule has 1 aliphatic rings. The summed E-state index contributed by atoms with van der Waals surface area (Å²) in [5.41, 5.74) is 0.0619. The number of morpholine rings is 1. The summed E-state index contributed by atoms with van der Waals surface area (Å²) < 4.78 is 44.0. The van der Waals surface area contributed by atoms with Crippen molar-refractivity contribution in [2.24, 2.45) is 0 Å². The fraction of sp³-hybridized carbons (Fsp3) is 0.538. The first-order valence-corrected chi connectivity index (χ1v) is 7.46. The van der Waals surface area contributed by atoms with Gasteiger partial charge in [0.2, 0.25) is 0 Å². The normalized spacial score (nSPS) is 24.0. The number of nitrogens with zero attached hydrogens (tertiary/aromatic N) is 1. The molecule has 1 fully saturated rings. The topological polar surface area (TPSA) is 12.5 Å². The zero-order valence-electron chi connectivity index (χ0n) is 10.8. The van der Waals surface area contributed by atoms with E-state index < -0.39 is 11.7 Å². The molecule has 0 N–H and O–H groups in total. The lowest BCUT2D eigenvalue weighted by Crippen LogP contribution is -2.49. The Hall–Kier alpha value is -0.460. The third-order valence-corrected chi connectivity index (χ3v) is 4.24. The van der Waals surface area contributed by atoms with Gasteiger partial charge in [0.15, 0.2) is 0 Å².